The van der Waals surface area contributed by atoms with Crippen molar-refractivity contribution in [3.8, 4) is 5.88 Å². The van der Waals surface area contributed by atoms with E-state index in [-0.39, 0.29) is 11.9 Å². The molecule has 0 spiro atoms. The van der Waals surface area contributed by atoms with Crippen molar-refractivity contribution in [1.82, 2.24) is 19.9 Å². The first-order valence-corrected chi connectivity index (χ1v) is 6.80. The third-order valence-corrected chi connectivity index (χ3v) is 3.24. The number of hydrogen-bond acceptors (Lipinski definition) is 4. The Hall–Kier alpha value is -1.89. The minimum atomic E-state index is -0.446. The number of pyridine rings is 1. The van der Waals surface area contributed by atoms with Crippen LogP contribution in [0.3, 0.4) is 0 Å². The molecule has 2 rings (SSSR count). The minimum Gasteiger partial charge on any atom is -0.481 e. The predicted molar refractivity (Wildman–Crippen MR) is 79.5 cm³/mol. The van der Waals surface area contributed by atoms with Gasteiger partial charge in [0.2, 0.25) is 11.8 Å². The summed E-state index contributed by atoms with van der Waals surface area (Å²) in [5.74, 6) is 0.387. The number of carbonyl (C=O) groups excluding carboxylic acids is 1. The fourth-order valence-electron chi connectivity index (χ4n) is 1.98. The number of imidazole rings is 1. The highest BCUT2D eigenvalue weighted by atomic mass is 32.1. The molecule has 0 aliphatic heterocycles. The summed E-state index contributed by atoms with van der Waals surface area (Å²) in [7, 11) is 1.55. The molecule has 0 radical (unpaired) electrons. The van der Waals surface area contributed by atoms with E-state index >= 15 is 0 Å². The van der Waals surface area contributed by atoms with Gasteiger partial charge in [0.1, 0.15) is 6.04 Å². The number of amides is 1. The largest absolute Gasteiger partial charge is 0.481 e. The van der Waals surface area contributed by atoms with Crippen LogP contribution in [-0.2, 0) is 4.79 Å². The van der Waals surface area contributed by atoms with Gasteiger partial charge in [0.05, 0.1) is 12.6 Å². The van der Waals surface area contributed by atoms with Gasteiger partial charge in [0, 0.05) is 12.1 Å². The third kappa shape index (κ3) is 2.67. The van der Waals surface area contributed by atoms with Crippen LogP contribution in [0.5, 0.6) is 5.88 Å². The van der Waals surface area contributed by atoms with E-state index in [1.807, 2.05) is 19.9 Å². The summed E-state index contributed by atoms with van der Waals surface area (Å²) >= 11 is 5.29. The SMILES string of the molecule is COc1ccc2[nH]c(=S)n(C(C)C(=O)NC(C)C)c2n1. The fraction of sp³-hybridized carbons (Fsp3) is 0.462. The second-order valence-electron chi connectivity index (χ2n) is 4.86. The van der Waals surface area contributed by atoms with E-state index in [2.05, 4.69) is 15.3 Å². The van der Waals surface area contributed by atoms with Crippen LogP contribution >= 0.6 is 12.2 Å². The number of rotatable bonds is 4. The van der Waals surface area contributed by atoms with Gasteiger partial charge in [-0.15, -0.1) is 0 Å². The van der Waals surface area contributed by atoms with Gasteiger partial charge in [0.15, 0.2) is 10.4 Å². The lowest BCUT2D eigenvalue weighted by molar-refractivity contribution is -0.124. The van der Waals surface area contributed by atoms with Crippen LogP contribution in [-0.4, -0.2) is 33.6 Å². The Labute approximate surface area is 122 Å². The number of hydrogen-bond donors (Lipinski definition) is 2. The Kier molecular flexibility index (Phi) is 4.08. The van der Waals surface area contributed by atoms with E-state index in [0.717, 1.165) is 5.52 Å². The van der Waals surface area contributed by atoms with E-state index in [4.69, 9.17) is 17.0 Å². The molecule has 0 aliphatic rings. The van der Waals surface area contributed by atoms with Gasteiger partial charge < -0.3 is 15.0 Å². The molecule has 7 heteroatoms. The number of fused-ring (bicyclic) bond motifs is 1. The number of aromatic nitrogens is 3. The van der Waals surface area contributed by atoms with Gasteiger partial charge in [-0.3, -0.25) is 9.36 Å². The molecular formula is C13H18N4O2S. The van der Waals surface area contributed by atoms with Crippen LogP contribution in [0.1, 0.15) is 26.8 Å². The number of ether oxygens (including phenoxy) is 1. The lowest BCUT2D eigenvalue weighted by Gasteiger charge is -2.16. The van der Waals surface area contributed by atoms with Crippen molar-refractivity contribution in [2.45, 2.75) is 32.9 Å². The Morgan fingerprint density at radius 2 is 2.15 bits per heavy atom. The van der Waals surface area contributed by atoms with E-state index in [9.17, 15) is 4.79 Å². The molecule has 1 amide bonds. The van der Waals surface area contributed by atoms with Crippen LogP contribution in [0.2, 0.25) is 0 Å². The summed E-state index contributed by atoms with van der Waals surface area (Å²) in [4.78, 5) is 19.6. The normalized spacial score (nSPS) is 12.7. The molecule has 0 fully saturated rings. The monoisotopic (exact) mass is 294 g/mol. The molecule has 6 nitrogen and oxygen atoms in total. The first kappa shape index (κ1) is 14.5. The minimum absolute atomic E-state index is 0.0758. The van der Waals surface area contributed by atoms with E-state index in [0.29, 0.717) is 16.3 Å². The smallest absolute Gasteiger partial charge is 0.243 e. The van der Waals surface area contributed by atoms with Gasteiger partial charge in [-0.2, -0.15) is 4.98 Å². The third-order valence-electron chi connectivity index (χ3n) is 2.94. The van der Waals surface area contributed by atoms with Crippen molar-refractivity contribution < 1.29 is 9.53 Å². The summed E-state index contributed by atoms with van der Waals surface area (Å²) in [5, 5.41) is 2.87. The molecule has 2 aromatic heterocycles. The Morgan fingerprint density at radius 3 is 2.75 bits per heavy atom. The molecule has 0 saturated carbocycles. The molecule has 0 saturated heterocycles. The molecule has 1 atom stereocenters. The molecule has 0 bridgehead atoms. The summed E-state index contributed by atoms with van der Waals surface area (Å²) in [5.41, 5.74) is 1.39. The van der Waals surface area contributed by atoms with Gasteiger partial charge >= 0.3 is 0 Å². The van der Waals surface area contributed by atoms with Gasteiger partial charge in [-0.05, 0) is 39.1 Å². The number of methoxy groups -OCH3 is 1. The van der Waals surface area contributed by atoms with Gasteiger partial charge in [0.25, 0.3) is 0 Å². The molecular weight excluding hydrogens is 276 g/mol. The zero-order chi connectivity index (χ0) is 14.9. The highest BCUT2D eigenvalue weighted by Gasteiger charge is 2.20. The summed E-state index contributed by atoms with van der Waals surface area (Å²) < 4.78 is 7.28. The maximum atomic E-state index is 12.2. The lowest BCUT2D eigenvalue weighted by Crippen LogP contribution is -2.35. The zero-order valence-corrected chi connectivity index (χ0v) is 12.7. The van der Waals surface area contributed by atoms with Crippen LogP contribution in [0, 0.1) is 4.77 Å². The van der Waals surface area contributed by atoms with Crippen molar-refractivity contribution in [2.75, 3.05) is 7.11 Å². The Bertz CT molecular complexity index is 689. The maximum Gasteiger partial charge on any atom is 0.243 e. The van der Waals surface area contributed by atoms with Crippen LogP contribution < -0.4 is 10.1 Å². The standard InChI is InChI=1S/C13H18N4O2S/c1-7(2)14-12(18)8(3)17-11-9(15-13(17)20)5-6-10(16-11)19-4/h5-8H,1-4H3,(H,14,18)(H,15,20). The maximum absolute atomic E-state index is 12.2. The molecule has 2 N–H and O–H groups in total. The topological polar surface area (TPSA) is 71.9 Å². The molecule has 2 aromatic rings. The number of H-pyrrole nitrogens is 1. The van der Waals surface area contributed by atoms with Crippen molar-refractivity contribution in [3.05, 3.63) is 16.9 Å². The van der Waals surface area contributed by atoms with Gasteiger partial charge in [-0.25, -0.2) is 0 Å². The second kappa shape index (κ2) is 5.62. The van der Waals surface area contributed by atoms with Crippen LogP contribution in [0.25, 0.3) is 11.2 Å². The number of nitrogens with zero attached hydrogens (tertiary/aromatic N) is 2. The zero-order valence-electron chi connectivity index (χ0n) is 11.9. The number of carbonyl (C=O) groups is 1. The van der Waals surface area contributed by atoms with Crippen LogP contribution in [0.4, 0.5) is 0 Å². The second-order valence-corrected chi connectivity index (χ2v) is 5.25. The van der Waals surface area contributed by atoms with Gasteiger partial charge in [-0.1, -0.05) is 0 Å². The van der Waals surface area contributed by atoms with E-state index < -0.39 is 6.04 Å². The van der Waals surface area contributed by atoms with Crippen molar-refractivity contribution in [2.24, 2.45) is 0 Å². The van der Waals surface area contributed by atoms with Crippen LogP contribution in [0.15, 0.2) is 12.1 Å². The quantitative estimate of drug-likeness (QED) is 0.848. The number of aromatic amines is 1. The van der Waals surface area contributed by atoms with Crippen molar-refractivity contribution in [3.63, 3.8) is 0 Å². The van der Waals surface area contributed by atoms with E-state index in [1.54, 1.807) is 24.7 Å². The first-order valence-electron chi connectivity index (χ1n) is 6.39. The molecule has 1 unspecified atom stereocenters. The highest BCUT2D eigenvalue weighted by Crippen LogP contribution is 2.20. The summed E-state index contributed by atoms with van der Waals surface area (Å²) in [6.07, 6.45) is 0. The Morgan fingerprint density at radius 1 is 1.45 bits per heavy atom. The lowest BCUT2D eigenvalue weighted by atomic mass is 10.2. The molecule has 20 heavy (non-hydrogen) atoms. The fourth-order valence-corrected chi connectivity index (χ4v) is 2.33. The number of nitrogens with one attached hydrogen (secondary N) is 2. The Balaban J connectivity index is 2.49. The molecule has 108 valence electrons. The van der Waals surface area contributed by atoms with Crippen molar-refractivity contribution >= 4 is 29.3 Å². The first-order chi connectivity index (χ1) is 9.43. The highest BCUT2D eigenvalue weighted by molar-refractivity contribution is 7.71. The molecule has 2 heterocycles. The summed E-state index contributed by atoms with van der Waals surface area (Å²) in [6.45, 7) is 5.63. The molecule has 0 aliphatic carbocycles. The van der Waals surface area contributed by atoms with E-state index in [1.165, 1.54) is 0 Å². The predicted octanol–water partition coefficient (Wildman–Crippen LogP) is 2.19. The summed E-state index contributed by atoms with van der Waals surface area (Å²) in [6, 6.07) is 3.21. The average molecular weight is 294 g/mol. The van der Waals surface area contributed by atoms with Crippen molar-refractivity contribution in [1.29, 1.82) is 0 Å². The molecule has 0 aromatic carbocycles. The average Bonchev–Trinajstić information content (AvgIpc) is 2.71.